The van der Waals surface area contributed by atoms with Crippen molar-refractivity contribution >= 4 is 11.6 Å². The average molecular weight is 324 g/mol. The lowest BCUT2D eigenvalue weighted by molar-refractivity contribution is 0.102. The minimum atomic E-state index is -0.607. The van der Waals surface area contributed by atoms with Gasteiger partial charge in [0.05, 0.1) is 13.3 Å². The Bertz CT molecular complexity index is 855. The molecule has 6 heteroatoms. The van der Waals surface area contributed by atoms with Crippen molar-refractivity contribution in [2.75, 3.05) is 12.4 Å². The first-order valence-electron chi connectivity index (χ1n) is 7.24. The number of benzene rings is 2. The van der Waals surface area contributed by atoms with E-state index in [2.05, 4.69) is 5.32 Å². The van der Waals surface area contributed by atoms with E-state index in [4.69, 9.17) is 4.74 Å². The molecule has 0 radical (unpaired) electrons. The van der Waals surface area contributed by atoms with E-state index in [1.54, 1.807) is 55.6 Å². The number of ether oxygens (including phenoxy) is 1. The normalized spacial score (nSPS) is 10.4. The third kappa shape index (κ3) is 2.89. The van der Waals surface area contributed by atoms with Crippen molar-refractivity contribution < 1.29 is 19.7 Å². The molecule has 0 atom stereocenters. The predicted octanol–water partition coefficient (Wildman–Crippen LogP) is 3.15. The van der Waals surface area contributed by atoms with Gasteiger partial charge in [-0.25, -0.2) is 0 Å². The second kappa shape index (κ2) is 6.37. The zero-order chi connectivity index (χ0) is 17.1. The summed E-state index contributed by atoms with van der Waals surface area (Å²) in [7, 11) is 1.55. The Morgan fingerprint density at radius 2 is 1.71 bits per heavy atom. The highest BCUT2D eigenvalue weighted by Crippen LogP contribution is 2.32. The van der Waals surface area contributed by atoms with E-state index in [-0.39, 0.29) is 17.2 Å². The van der Waals surface area contributed by atoms with E-state index in [0.717, 1.165) is 0 Å². The number of rotatable bonds is 4. The smallest absolute Gasteiger partial charge is 0.264 e. The van der Waals surface area contributed by atoms with Crippen LogP contribution in [-0.2, 0) is 0 Å². The predicted molar refractivity (Wildman–Crippen MR) is 90.0 cm³/mol. The van der Waals surface area contributed by atoms with Crippen LogP contribution < -0.4 is 10.1 Å². The highest BCUT2D eigenvalue weighted by Gasteiger charge is 2.22. The lowest BCUT2D eigenvalue weighted by Crippen LogP contribution is -2.11. The fourth-order valence-electron chi connectivity index (χ4n) is 2.35. The summed E-state index contributed by atoms with van der Waals surface area (Å²) in [6.45, 7) is 0. The number of aromatic hydroxyl groups is 2. The Morgan fingerprint density at radius 3 is 2.33 bits per heavy atom. The molecule has 0 aliphatic rings. The highest BCUT2D eigenvalue weighted by atomic mass is 16.5. The average Bonchev–Trinajstić information content (AvgIpc) is 2.91. The molecule has 3 rings (SSSR count). The summed E-state index contributed by atoms with van der Waals surface area (Å²) in [5.41, 5.74) is 0.968. The summed E-state index contributed by atoms with van der Waals surface area (Å²) in [5, 5.41) is 23.0. The third-order valence-electron chi connectivity index (χ3n) is 3.57. The number of carbonyl (C=O) groups is 1. The summed E-state index contributed by atoms with van der Waals surface area (Å²) >= 11 is 0. The summed E-state index contributed by atoms with van der Waals surface area (Å²) < 4.78 is 6.40. The van der Waals surface area contributed by atoms with Gasteiger partial charge < -0.3 is 20.3 Å². The SMILES string of the molecule is COc1ccc(NC(=O)c2c(O)cn(-c3ccccc3)c2O)cc1. The maximum Gasteiger partial charge on any atom is 0.264 e. The molecule has 6 nitrogen and oxygen atoms in total. The molecule has 1 amide bonds. The van der Waals surface area contributed by atoms with Crippen molar-refractivity contribution in [2.45, 2.75) is 0 Å². The number of methoxy groups -OCH3 is 1. The number of amides is 1. The maximum absolute atomic E-state index is 12.4. The number of aromatic nitrogens is 1. The minimum Gasteiger partial charge on any atom is -0.505 e. The van der Waals surface area contributed by atoms with Crippen molar-refractivity contribution in [2.24, 2.45) is 0 Å². The molecular formula is C18H16N2O4. The second-order valence-corrected chi connectivity index (χ2v) is 5.10. The molecule has 0 saturated carbocycles. The fourth-order valence-corrected chi connectivity index (χ4v) is 2.35. The van der Waals surface area contributed by atoms with Crippen LogP contribution in [-0.4, -0.2) is 27.8 Å². The van der Waals surface area contributed by atoms with Gasteiger partial charge in [0.25, 0.3) is 5.91 Å². The van der Waals surface area contributed by atoms with Gasteiger partial charge in [0.15, 0.2) is 0 Å². The molecule has 122 valence electrons. The van der Waals surface area contributed by atoms with Gasteiger partial charge in [-0.2, -0.15) is 0 Å². The second-order valence-electron chi connectivity index (χ2n) is 5.10. The highest BCUT2D eigenvalue weighted by molar-refractivity contribution is 6.08. The van der Waals surface area contributed by atoms with Crippen LogP contribution in [0, 0.1) is 0 Å². The monoisotopic (exact) mass is 324 g/mol. The van der Waals surface area contributed by atoms with Crippen molar-refractivity contribution in [1.29, 1.82) is 0 Å². The van der Waals surface area contributed by atoms with E-state index in [0.29, 0.717) is 17.1 Å². The van der Waals surface area contributed by atoms with Crippen LogP contribution >= 0.6 is 0 Å². The molecule has 0 fully saturated rings. The van der Waals surface area contributed by atoms with Gasteiger partial charge in [0.2, 0.25) is 5.88 Å². The first-order valence-corrected chi connectivity index (χ1v) is 7.24. The lowest BCUT2D eigenvalue weighted by Gasteiger charge is -2.07. The van der Waals surface area contributed by atoms with Gasteiger partial charge in [-0.1, -0.05) is 18.2 Å². The van der Waals surface area contributed by atoms with Crippen molar-refractivity contribution in [3.8, 4) is 23.1 Å². The molecule has 1 heterocycles. The van der Waals surface area contributed by atoms with Gasteiger partial charge in [-0.3, -0.25) is 9.36 Å². The minimum absolute atomic E-state index is 0.185. The van der Waals surface area contributed by atoms with Crippen LogP contribution in [0.3, 0.4) is 0 Å². The lowest BCUT2D eigenvalue weighted by atomic mass is 10.2. The Morgan fingerprint density at radius 1 is 1.04 bits per heavy atom. The summed E-state index contributed by atoms with van der Waals surface area (Å²) in [6, 6.07) is 15.7. The number of carbonyl (C=O) groups excluding carboxylic acids is 1. The molecule has 24 heavy (non-hydrogen) atoms. The van der Waals surface area contributed by atoms with Crippen molar-refractivity contribution in [1.82, 2.24) is 4.57 Å². The Hall–Kier alpha value is -3.41. The molecule has 0 aliphatic carbocycles. The number of nitrogens with one attached hydrogen (secondary N) is 1. The summed E-state index contributed by atoms with van der Waals surface area (Å²) in [6.07, 6.45) is 1.30. The molecule has 3 N–H and O–H groups in total. The topological polar surface area (TPSA) is 83.7 Å². The van der Waals surface area contributed by atoms with Gasteiger partial charge in [-0.15, -0.1) is 0 Å². The number of hydrogen-bond donors (Lipinski definition) is 3. The van der Waals surface area contributed by atoms with Crippen molar-refractivity contribution in [3.05, 3.63) is 66.4 Å². The zero-order valence-electron chi connectivity index (χ0n) is 12.9. The molecule has 3 aromatic rings. The van der Waals surface area contributed by atoms with Crippen LogP contribution in [0.4, 0.5) is 5.69 Å². The van der Waals surface area contributed by atoms with Gasteiger partial charge in [0.1, 0.15) is 17.1 Å². The van der Waals surface area contributed by atoms with Crippen LogP contribution in [0.25, 0.3) is 5.69 Å². The standard InChI is InChI=1S/C18H16N2O4/c1-24-14-9-7-12(8-10-14)19-17(22)16-15(21)11-20(18(16)23)13-5-3-2-4-6-13/h2-11,21,23H,1H3,(H,19,22). The van der Waals surface area contributed by atoms with Crippen LogP contribution in [0.5, 0.6) is 17.4 Å². The first kappa shape index (κ1) is 15.5. The maximum atomic E-state index is 12.4. The van der Waals surface area contributed by atoms with Crippen LogP contribution in [0.1, 0.15) is 10.4 Å². The van der Waals surface area contributed by atoms with E-state index >= 15 is 0 Å². The van der Waals surface area contributed by atoms with Crippen molar-refractivity contribution in [3.63, 3.8) is 0 Å². The molecule has 0 bridgehead atoms. The van der Waals surface area contributed by atoms with E-state index in [9.17, 15) is 15.0 Å². The number of anilines is 1. The van der Waals surface area contributed by atoms with Crippen LogP contribution in [0.15, 0.2) is 60.8 Å². The fraction of sp³-hybridized carbons (Fsp3) is 0.0556. The van der Waals surface area contributed by atoms with E-state index in [1.165, 1.54) is 10.8 Å². The molecule has 0 spiro atoms. The Labute approximate surface area is 138 Å². The molecule has 0 aliphatic heterocycles. The third-order valence-corrected chi connectivity index (χ3v) is 3.57. The number of hydrogen-bond acceptors (Lipinski definition) is 4. The first-order chi connectivity index (χ1) is 11.6. The van der Waals surface area contributed by atoms with Gasteiger partial charge >= 0.3 is 0 Å². The Balaban J connectivity index is 1.88. The summed E-state index contributed by atoms with van der Waals surface area (Å²) in [5.74, 6) is -0.578. The number of nitrogens with zero attached hydrogens (tertiary/aromatic N) is 1. The quantitative estimate of drug-likeness (QED) is 0.688. The van der Waals surface area contributed by atoms with Crippen LogP contribution in [0.2, 0.25) is 0 Å². The Kier molecular flexibility index (Phi) is 4.11. The molecule has 2 aromatic carbocycles. The van der Waals surface area contributed by atoms with Gasteiger partial charge in [0, 0.05) is 11.4 Å². The summed E-state index contributed by atoms with van der Waals surface area (Å²) in [4.78, 5) is 12.4. The molecule has 0 saturated heterocycles. The van der Waals surface area contributed by atoms with E-state index < -0.39 is 5.91 Å². The van der Waals surface area contributed by atoms with Gasteiger partial charge in [-0.05, 0) is 36.4 Å². The largest absolute Gasteiger partial charge is 0.505 e. The number of para-hydroxylation sites is 1. The molecule has 1 aromatic heterocycles. The zero-order valence-corrected chi connectivity index (χ0v) is 12.9. The molecule has 0 unspecified atom stereocenters. The molecular weight excluding hydrogens is 308 g/mol. The van der Waals surface area contributed by atoms with E-state index in [1.807, 2.05) is 6.07 Å².